The maximum Gasteiger partial charge on any atom is 0.246 e. The first-order valence-electron chi connectivity index (χ1n) is 6.43. The molecule has 0 saturated carbocycles. The number of furan rings is 1. The Hall–Kier alpha value is -0.850. The van der Waals surface area contributed by atoms with Crippen LogP contribution in [-0.2, 0) is 10.0 Å². The topological polar surface area (TPSA) is 53.8 Å². The van der Waals surface area contributed by atoms with E-state index in [0.29, 0.717) is 18.1 Å². The number of unbranched alkanes of at least 4 members (excludes halogenated alkanes) is 1. The summed E-state index contributed by atoms with van der Waals surface area (Å²) in [7, 11) is 2.22. The molecule has 6 heteroatoms. The first kappa shape index (κ1) is 16.2. The molecule has 0 saturated heterocycles. The molecule has 0 fully saturated rings. The maximum atomic E-state index is 12.3. The Balaban J connectivity index is 2.65. The van der Waals surface area contributed by atoms with Gasteiger partial charge >= 0.3 is 0 Å². The SMILES string of the molecule is Cc1cc(S(=O)(=O)N(C)CCCCN(C)C)c(C)o1. The molecule has 19 heavy (non-hydrogen) atoms. The minimum absolute atomic E-state index is 0.278. The third-order valence-electron chi connectivity index (χ3n) is 3.01. The summed E-state index contributed by atoms with van der Waals surface area (Å²) in [4.78, 5) is 2.37. The molecule has 0 aliphatic heterocycles. The summed E-state index contributed by atoms with van der Waals surface area (Å²) in [5.41, 5.74) is 0. The molecule has 0 unspecified atom stereocenters. The van der Waals surface area contributed by atoms with Crippen LogP contribution in [0.4, 0.5) is 0 Å². The summed E-state index contributed by atoms with van der Waals surface area (Å²) in [5.74, 6) is 1.08. The second-order valence-corrected chi connectivity index (χ2v) is 7.13. The molecule has 0 bridgehead atoms. The van der Waals surface area contributed by atoms with E-state index in [0.717, 1.165) is 19.4 Å². The molecule has 0 aliphatic carbocycles. The van der Waals surface area contributed by atoms with Gasteiger partial charge in [0.25, 0.3) is 0 Å². The van der Waals surface area contributed by atoms with Crippen molar-refractivity contribution < 1.29 is 12.8 Å². The second kappa shape index (κ2) is 6.54. The van der Waals surface area contributed by atoms with Crippen LogP contribution in [0.3, 0.4) is 0 Å². The highest BCUT2D eigenvalue weighted by Crippen LogP contribution is 2.22. The molecule has 1 heterocycles. The molecule has 0 atom stereocenters. The third-order valence-corrected chi connectivity index (χ3v) is 4.98. The fraction of sp³-hybridized carbons (Fsp3) is 0.692. The van der Waals surface area contributed by atoms with Crippen molar-refractivity contribution in [2.24, 2.45) is 0 Å². The van der Waals surface area contributed by atoms with Gasteiger partial charge in [-0.1, -0.05) is 0 Å². The van der Waals surface area contributed by atoms with Gasteiger partial charge in [-0.25, -0.2) is 12.7 Å². The zero-order chi connectivity index (χ0) is 14.6. The molecule has 1 rings (SSSR count). The van der Waals surface area contributed by atoms with Crippen molar-refractivity contribution in [3.63, 3.8) is 0 Å². The van der Waals surface area contributed by atoms with Crippen molar-refractivity contribution in [1.82, 2.24) is 9.21 Å². The zero-order valence-electron chi connectivity index (χ0n) is 12.4. The lowest BCUT2D eigenvalue weighted by molar-refractivity contribution is 0.378. The summed E-state index contributed by atoms with van der Waals surface area (Å²) in [5, 5.41) is 0. The highest BCUT2D eigenvalue weighted by atomic mass is 32.2. The summed E-state index contributed by atoms with van der Waals surface area (Å²) in [6.45, 7) is 4.93. The highest BCUT2D eigenvalue weighted by molar-refractivity contribution is 7.89. The van der Waals surface area contributed by atoms with E-state index in [9.17, 15) is 8.42 Å². The number of hydrogen-bond acceptors (Lipinski definition) is 4. The first-order valence-corrected chi connectivity index (χ1v) is 7.87. The Labute approximate surface area is 116 Å². The van der Waals surface area contributed by atoms with Crippen molar-refractivity contribution >= 4 is 10.0 Å². The van der Waals surface area contributed by atoms with Crippen molar-refractivity contribution in [2.45, 2.75) is 31.6 Å². The normalized spacial score (nSPS) is 12.6. The molecule has 110 valence electrons. The minimum atomic E-state index is -3.42. The van der Waals surface area contributed by atoms with Crippen molar-refractivity contribution in [3.05, 3.63) is 17.6 Å². The molecular formula is C13H24N2O3S. The summed E-state index contributed by atoms with van der Waals surface area (Å²) in [6.07, 6.45) is 1.83. The van der Waals surface area contributed by atoms with E-state index in [2.05, 4.69) is 4.90 Å². The number of nitrogens with zero attached hydrogens (tertiary/aromatic N) is 2. The predicted octanol–water partition coefficient (Wildman–Crippen LogP) is 1.86. The largest absolute Gasteiger partial charge is 0.465 e. The Morgan fingerprint density at radius 1 is 1.11 bits per heavy atom. The van der Waals surface area contributed by atoms with Crippen LogP contribution in [0.1, 0.15) is 24.4 Å². The Kier molecular flexibility index (Phi) is 5.58. The Morgan fingerprint density at radius 2 is 1.68 bits per heavy atom. The van der Waals surface area contributed by atoms with Gasteiger partial charge in [-0.05, 0) is 53.4 Å². The molecule has 1 aromatic rings. The fourth-order valence-electron chi connectivity index (χ4n) is 1.91. The van der Waals surface area contributed by atoms with Crippen LogP contribution in [0, 0.1) is 13.8 Å². The average molecular weight is 288 g/mol. The van der Waals surface area contributed by atoms with Crippen LogP contribution in [0.2, 0.25) is 0 Å². The average Bonchev–Trinajstić information content (AvgIpc) is 2.64. The lowest BCUT2D eigenvalue weighted by Crippen LogP contribution is -2.28. The lowest BCUT2D eigenvalue weighted by Gasteiger charge is -2.17. The van der Waals surface area contributed by atoms with Crippen LogP contribution >= 0.6 is 0 Å². The van der Waals surface area contributed by atoms with E-state index in [1.807, 2.05) is 14.1 Å². The van der Waals surface area contributed by atoms with Gasteiger partial charge in [-0.3, -0.25) is 0 Å². The van der Waals surface area contributed by atoms with Crippen molar-refractivity contribution in [2.75, 3.05) is 34.2 Å². The van der Waals surface area contributed by atoms with Crippen molar-refractivity contribution in [3.8, 4) is 0 Å². The van der Waals surface area contributed by atoms with E-state index >= 15 is 0 Å². The van der Waals surface area contributed by atoms with E-state index in [4.69, 9.17) is 4.42 Å². The number of rotatable bonds is 7. The molecule has 0 N–H and O–H groups in total. The fourth-order valence-corrected chi connectivity index (χ4v) is 3.34. The van der Waals surface area contributed by atoms with Crippen molar-refractivity contribution in [1.29, 1.82) is 0 Å². The van der Waals surface area contributed by atoms with E-state index in [1.165, 1.54) is 4.31 Å². The molecule has 0 aliphatic rings. The van der Waals surface area contributed by atoms with E-state index in [-0.39, 0.29) is 4.90 Å². The second-order valence-electron chi connectivity index (χ2n) is 5.11. The quantitative estimate of drug-likeness (QED) is 0.719. The number of hydrogen-bond donors (Lipinski definition) is 0. The van der Waals surface area contributed by atoms with Gasteiger partial charge in [-0.2, -0.15) is 0 Å². The first-order chi connectivity index (χ1) is 8.75. The van der Waals surface area contributed by atoms with Gasteiger partial charge in [0.2, 0.25) is 10.0 Å². The molecular weight excluding hydrogens is 264 g/mol. The van der Waals surface area contributed by atoms with Crippen LogP contribution in [0.5, 0.6) is 0 Å². The van der Waals surface area contributed by atoms with Gasteiger partial charge in [0.15, 0.2) is 0 Å². The van der Waals surface area contributed by atoms with Crippen LogP contribution in [-0.4, -0.2) is 51.9 Å². The van der Waals surface area contributed by atoms with E-state index < -0.39 is 10.0 Å². The van der Waals surface area contributed by atoms with Crippen LogP contribution < -0.4 is 0 Å². The van der Waals surface area contributed by atoms with Gasteiger partial charge in [0, 0.05) is 13.6 Å². The molecule has 1 aromatic heterocycles. The lowest BCUT2D eigenvalue weighted by atomic mass is 10.3. The summed E-state index contributed by atoms with van der Waals surface area (Å²) in [6, 6.07) is 1.58. The van der Waals surface area contributed by atoms with E-state index in [1.54, 1.807) is 27.0 Å². The number of sulfonamides is 1. The summed E-state index contributed by atoms with van der Waals surface area (Å²) >= 11 is 0. The zero-order valence-corrected chi connectivity index (χ0v) is 13.2. The molecule has 0 aromatic carbocycles. The van der Waals surface area contributed by atoms with Gasteiger partial charge < -0.3 is 9.32 Å². The highest BCUT2D eigenvalue weighted by Gasteiger charge is 2.25. The monoisotopic (exact) mass is 288 g/mol. The molecule has 5 nitrogen and oxygen atoms in total. The molecule has 0 amide bonds. The smallest absolute Gasteiger partial charge is 0.246 e. The predicted molar refractivity (Wildman–Crippen MR) is 75.8 cm³/mol. The molecule has 0 radical (unpaired) electrons. The minimum Gasteiger partial charge on any atom is -0.465 e. The third kappa shape index (κ3) is 4.33. The van der Waals surface area contributed by atoms with Crippen LogP contribution in [0.15, 0.2) is 15.4 Å². The Morgan fingerprint density at radius 3 is 2.16 bits per heavy atom. The maximum absolute atomic E-state index is 12.3. The van der Waals surface area contributed by atoms with Gasteiger partial charge in [-0.15, -0.1) is 0 Å². The van der Waals surface area contributed by atoms with Gasteiger partial charge in [0.1, 0.15) is 16.4 Å². The standard InChI is InChI=1S/C13H24N2O3S/c1-11-10-13(12(2)18-11)19(16,17)15(5)9-7-6-8-14(3)4/h10H,6-9H2,1-5H3. The molecule has 0 spiro atoms. The summed E-state index contributed by atoms with van der Waals surface area (Å²) < 4.78 is 31.4. The van der Waals surface area contributed by atoms with Gasteiger partial charge in [0.05, 0.1) is 0 Å². The Bertz CT molecular complexity index is 506. The number of aryl methyl sites for hydroxylation is 2. The van der Waals surface area contributed by atoms with Crippen LogP contribution in [0.25, 0.3) is 0 Å².